The molecule has 0 aromatic carbocycles. The summed E-state index contributed by atoms with van der Waals surface area (Å²) in [7, 11) is 0. The molecule has 0 bridgehead atoms. The van der Waals surface area contributed by atoms with Gasteiger partial charge in [-0.15, -0.1) is 0 Å². The molecule has 102 valence electrons. The van der Waals surface area contributed by atoms with E-state index in [4.69, 9.17) is 0 Å². The summed E-state index contributed by atoms with van der Waals surface area (Å²) in [6.07, 6.45) is 7.69. The minimum Gasteiger partial charge on any atom is -0.353 e. The molecule has 1 aliphatic heterocycles. The number of hydrogen-bond donors (Lipinski definition) is 1. The lowest BCUT2D eigenvalue weighted by Gasteiger charge is -2.27. The maximum absolute atomic E-state index is 4.37. The number of nitrogens with one attached hydrogen (secondary N) is 1. The first-order valence-electron chi connectivity index (χ1n) is 7.29. The van der Waals surface area contributed by atoms with Crippen LogP contribution in [-0.2, 0) is 0 Å². The minimum atomic E-state index is 0.611. The van der Waals surface area contributed by atoms with Crippen LogP contribution < -0.4 is 10.2 Å². The van der Waals surface area contributed by atoms with Gasteiger partial charge in [-0.05, 0) is 37.9 Å². The molecule has 0 spiro atoms. The van der Waals surface area contributed by atoms with Crippen molar-refractivity contribution in [2.75, 3.05) is 24.5 Å². The fourth-order valence-corrected chi connectivity index (χ4v) is 2.96. The van der Waals surface area contributed by atoms with Crippen molar-refractivity contribution in [3.63, 3.8) is 0 Å². The highest BCUT2D eigenvalue weighted by Crippen LogP contribution is 2.25. The Balaban J connectivity index is 1.81. The van der Waals surface area contributed by atoms with Gasteiger partial charge < -0.3 is 10.2 Å². The minimum absolute atomic E-state index is 0.611. The molecule has 1 fully saturated rings. The lowest BCUT2D eigenvalue weighted by Crippen LogP contribution is -2.39. The molecule has 3 heterocycles. The average Bonchev–Trinajstić information content (AvgIpc) is 3.07. The Bertz CT molecular complexity index is 534. The van der Waals surface area contributed by atoms with Crippen LogP contribution in [0, 0.1) is 0 Å². The Morgan fingerprint density at radius 3 is 3.26 bits per heavy atom. The van der Waals surface area contributed by atoms with Crippen LogP contribution in [0.25, 0.3) is 5.65 Å². The third-order valence-corrected chi connectivity index (χ3v) is 3.88. The van der Waals surface area contributed by atoms with Gasteiger partial charge in [-0.1, -0.05) is 13.0 Å². The number of aromatic nitrogens is 2. The molecule has 0 aliphatic carbocycles. The van der Waals surface area contributed by atoms with E-state index in [-0.39, 0.29) is 0 Å². The summed E-state index contributed by atoms with van der Waals surface area (Å²) in [4.78, 5) is 6.90. The Morgan fingerprint density at radius 2 is 2.37 bits per heavy atom. The topological polar surface area (TPSA) is 32.6 Å². The van der Waals surface area contributed by atoms with Crippen LogP contribution in [0.2, 0.25) is 0 Å². The van der Waals surface area contributed by atoms with E-state index in [0.717, 1.165) is 25.3 Å². The first kappa shape index (κ1) is 12.5. The van der Waals surface area contributed by atoms with Crippen LogP contribution in [0.5, 0.6) is 0 Å². The molecule has 1 saturated heterocycles. The van der Waals surface area contributed by atoms with Gasteiger partial charge in [-0.3, -0.25) is 4.40 Å². The van der Waals surface area contributed by atoms with Gasteiger partial charge in [0.1, 0.15) is 11.5 Å². The highest BCUT2D eigenvalue weighted by Gasteiger charge is 2.25. The van der Waals surface area contributed by atoms with E-state index in [1.165, 1.54) is 25.1 Å². The van der Waals surface area contributed by atoms with Gasteiger partial charge in [0.05, 0.1) is 0 Å². The predicted octanol–water partition coefficient (Wildman–Crippen LogP) is 2.30. The van der Waals surface area contributed by atoms with Crippen molar-refractivity contribution < 1.29 is 0 Å². The van der Waals surface area contributed by atoms with Crippen molar-refractivity contribution in [2.24, 2.45) is 0 Å². The Morgan fingerprint density at radius 1 is 1.42 bits per heavy atom. The van der Waals surface area contributed by atoms with Crippen molar-refractivity contribution >= 4 is 11.5 Å². The Hall–Kier alpha value is -1.55. The van der Waals surface area contributed by atoms with E-state index in [1.54, 1.807) is 0 Å². The van der Waals surface area contributed by atoms with Crippen molar-refractivity contribution in [1.29, 1.82) is 0 Å². The van der Waals surface area contributed by atoms with Crippen molar-refractivity contribution in [2.45, 2.75) is 32.2 Å². The molecule has 1 unspecified atom stereocenters. The van der Waals surface area contributed by atoms with Crippen LogP contribution >= 0.6 is 0 Å². The molecular formula is C15H22N4. The molecule has 0 saturated carbocycles. The zero-order valence-electron chi connectivity index (χ0n) is 11.5. The fourth-order valence-electron chi connectivity index (χ4n) is 2.96. The summed E-state index contributed by atoms with van der Waals surface area (Å²) in [5, 5.41) is 3.55. The lowest BCUT2D eigenvalue weighted by atomic mass is 10.2. The van der Waals surface area contributed by atoms with Crippen LogP contribution in [0.1, 0.15) is 26.2 Å². The number of pyridine rings is 1. The third kappa shape index (κ3) is 2.45. The molecular weight excluding hydrogens is 236 g/mol. The number of rotatable bonds is 5. The second kappa shape index (κ2) is 5.61. The second-order valence-corrected chi connectivity index (χ2v) is 5.23. The molecule has 0 amide bonds. The van der Waals surface area contributed by atoms with E-state index in [9.17, 15) is 0 Å². The van der Waals surface area contributed by atoms with Crippen LogP contribution in [0.4, 0.5) is 5.82 Å². The largest absolute Gasteiger partial charge is 0.353 e. The zero-order chi connectivity index (χ0) is 13.1. The third-order valence-electron chi connectivity index (χ3n) is 3.88. The van der Waals surface area contributed by atoms with Crippen LogP contribution in [-0.4, -0.2) is 35.1 Å². The smallest absolute Gasteiger partial charge is 0.138 e. The fraction of sp³-hybridized carbons (Fsp3) is 0.533. The molecule has 2 aromatic heterocycles. The maximum Gasteiger partial charge on any atom is 0.138 e. The number of hydrogen-bond acceptors (Lipinski definition) is 3. The number of imidazole rings is 1. The van der Waals surface area contributed by atoms with Crippen molar-refractivity contribution in [3.05, 3.63) is 30.6 Å². The molecule has 1 N–H and O–H groups in total. The molecule has 1 atom stereocenters. The first-order chi connectivity index (χ1) is 9.40. The SMILES string of the molecule is CCCNCC1CCCN1c1cccc2nccn12. The average molecular weight is 258 g/mol. The van der Waals surface area contributed by atoms with E-state index in [1.807, 2.05) is 6.20 Å². The molecule has 0 radical (unpaired) electrons. The summed E-state index contributed by atoms with van der Waals surface area (Å²) < 4.78 is 2.19. The highest BCUT2D eigenvalue weighted by atomic mass is 15.3. The van der Waals surface area contributed by atoms with Gasteiger partial charge in [-0.25, -0.2) is 4.98 Å². The summed E-state index contributed by atoms with van der Waals surface area (Å²) >= 11 is 0. The van der Waals surface area contributed by atoms with Gasteiger partial charge in [0.25, 0.3) is 0 Å². The van der Waals surface area contributed by atoms with E-state index in [2.05, 4.69) is 50.9 Å². The number of anilines is 1. The second-order valence-electron chi connectivity index (χ2n) is 5.23. The molecule has 19 heavy (non-hydrogen) atoms. The molecule has 1 aliphatic rings. The predicted molar refractivity (Wildman–Crippen MR) is 78.7 cm³/mol. The van der Waals surface area contributed by atoms with Crippen molar-refractivity contribution in [3.8, 4) is 0 Å². The standard InChI is InChI=1S/C15H22N4/c1-2-8-16-12-13-5-4-10-18(13)15-7-3-6-14-17-9-11-19(14)15/h3,6-7,9,11,13,16H,2,4-5,8,10,12H2,1H3. The monoisotopic (exact) mass is 258 g/mol. The normalized spacial score (nSPS) is 19.4. The first-order valence-corrected chi connectivity index (χ1v) is 7.29. The molecule has 4 nitrogen and oxygen atoms in total. The van der Waals surface area contributed by atoms with Gasteiger partial charge in [0.15, 0.2) is 0 Å². The summed E-state index contributed by atoms with van der Waals surface area (Å²) in [6.45, 7) is 5.56. The van der Waals surface area contributed by atoms with Gasteiger partial charge >= 0.3 is 0 Å². The van der Waals surface area contributed by atoms with Crippen LogP contribution in [0.15, 0.2) is 30.6 Å². The van der Waals surface area contributed by atoms with E-state index >= 15 is 0 Å². The Labute approximate surface area is 114 Å². The van der Waals surface area contributed by atoms with E-state index in [0.29, 0.717) is 6.04 Å². The summed E-state index contributed by atoms with van der Waals surface area (Å²) in [5.74, 6) is 1.27. The number of fused-ring (bicyclic) bond motifs is 1. The molecule has 2 aromatic rings. The zero-order valence-corrected chi connectivity index (χ0v) is 11.5. The molecule has 4 heteroatoms. The highest BCUT2D eigenvalue weighted by molar-refractivity contribution is 5.52. The summed E-state index contributed by atoms with van der Waals surface area (Å²) in [5.41, 5.74) is 1.03. The summed E-state index contributed by atoms with van der Waals surface area (Å²) in [6, 6.07) is 6.98. The van der Waals surface area contributed by atoms with Gasteiger partial charge in [0.2, 0.25) is 0 Å². The lowest BCUT2D eigenvalue weighted by molar-refractivity contribution is 0.567. The Kier molecular flexibility index (Phi) is 3.69. The quantitative estimate of drug-likeness (QED) is 0.835. The van der Waals surface area contributed by atoms with Crippen molar-refractivity contribution in [1.82, 2.24) is 14.7 Å². The van der Waals surface area contributed by atoms with Gasteiger partial charge in [0, 0.05) is 31.5 Å². The van der Waals surface area contributed by atoms with Gasteiger partial charge in [-0.2, -0.15) is 0 Å². The maximum atomic E-state index is 4.37. The number of nitrogens with zero attached hydrogens (tertiary/aromatic N) is 3. The van der Waals surface area contributed by atoms with Crippen LogP contribution in [0.3, 0.4) is 0 Å². The van der Waals surface area contributed by atoms with E-state index < -0.39 is 0 Å². The molecule has 3 rings (SSSR count).